The molecule has 26 heavy (non-hydrogen) atoms. The molecule has 146 valence electrons. The summed E-state index contributed by atoms with van der Waals surface area (Å²) in [5.41, 5.74) is 4.63. The molecule has 3 unspecified atom stereocenters. The Morgan fingerprint density at radius 2 is 2.12 bits per heavy atom. The molecule has 0 aromatic rings. The van der Waals surface area contributed by atoms with Crippen LogP contribution in [-0.4, -0.2) is 49.7 Å². The number of carbonyl (C=O) groups excluding carboxylic acids is 3. The number of rotatable bonds is 7. The summed E-state index contributed by atoms with van der Waals surface area (Å²) >= 11 is 0. The molecule has 0 aromatic carbocycles. The van der Waals surface area contributed by atoms with E-state index in [4.69, 9.17) is 5.73 Å². The largest absolute Gasteiger partial charge is 0.522 e. The molecule has 3 fully saturated rings. The van der Waals surface area contributed by atoms with Gasteiger partial charge in [0.2, 0.25) is 11.8 Å². The SMILES string of the molecule is NC(=O)C1NCC2CC21[C@H](C[C@@H]1CCCNC1=O)C(=O)COC(F)(F)F. The highest BCUT2D eigenvalue weighted by Gasteiger charge is 2.69. The Morgan fingerprint density at radius 3 is 2.69 bits per heavy atom. The van der Waals surface area contributed by atoms with Gasteiger partial charge in [-0.25, -0.2) is 0 Å². The third-order valence-electron chi connectivity index (χ3n) is 5.93. The Kier molecular flexibility index (Phi) is 5.00. The number of halogens is 3. The van der Waals surface area contributed by atoms with E-state index in [1.807, 2.05) is 0 Å². The number of fused-ring (bicyclic) bond motifs is 1. The minimum Gasteiger partial charge on any atom is -0.368 e. The van der Waals surface area contributed by atoms with Gasteiger partial charge < -0.3 is 16.4 Å². The van der Waals surface area contributed by atoms with Crippen molar-refractivity contribution in [3.63, 3.8) is 0 Å². The highest BCUT2D eigenvalue weighted by Crippen LogP contribution is 2.64. The Bertz CT molecular complexity index is 612. The van der Waals surface area contributed by atoms with Crippen molar-refractivity contribution >= 4 is 17.6 Å². The molecule has 2 amide bonds. The average molecular weight is 377 g/mol. The highest BCUT2D eigenvalue weighted by atomic mass is 19.4. The lowest BCUT2D eigenvalue weighted by Gasteiger charge is -2.33. The van der Waals surface area contributed by atoms with E-state index < -0.39 is 48.0 Å². The number of hydrogen-bond acceptors (Lipinski definition) is 5. The normalized spacial score (nSPS) is 34.7. The van der Waals surface area contributed by atoms with Crippen molar-refractivity contribution in [3.8, 4) is 0 Å². The summed E-state index contributed by atoms with van der Waals surface area (Å²) in [5, 5.41) is 5.68. The molecule has 1 aliphatic carbocycles. The summed E-state index contributed by atoms with van der Waals surface area (Å²) in [6, 6.07) is -0.779. The van der Waals surface area contributed by atoms with Crippen LogP contribution in [0, 0.1) is 23.2 Å². The van der Waals surface area contributed by atoms with Gasteiger partial charge in [-0.15, -0.1) is 13.2 Å². The van der Waals surface area contributed by atoms with Gasteiger partial charge in [0.05, 0.1) is 6.04 Å². The van der Waals surface area contributed by atoms with Crippen LogP contribution in [0.5, 0.6) is 0 Å². The van der Waals surface area contributed by atoms with Crippen LogP contribution in [0.4, 0.5) is 13.2 Å². The molecule has 0 aromatic heterocycles. The Hall–Kier alpha value is -1.68. The van der Waals surface area contributed by atoms with Crippen LogP contribution in [0.3, 0.4) is 0 Å². The molecule has 0 radical (unpaired) electrons. The number of primary amides is 1. The van der Waals surface area contributed by atoms with Crippen LogP contribution in [0.1, 0.15) is 25.7 Å². The smallest absolute Gasteiger partial charge is 0.368 e. The Morgan fingerprint density at radius 1 is 1.38 bits per heavy atom. The number of ketones is 1. The van der Waals surface area contributed by atoms with E-state index in [0.717, 1.165) is 6.42 Å². The van der Waals surface area contributed by atoms with Gasteiger partial charge in [0.25, 0.3) is 0 Å². The van der Waals surface area contributed by atoms with Crippen molar-refractivity contribution in [1.29, 1.82) is 0 Å². The molecule has 3 rings (SSSR count). The molecule has 2 heterocycles. The number of ether oxygens (including phenoxy) is 1. The minimum atomic E-state index is -4.92. The maximum atomic E-state index is 12.6. The second kappa shape index (κ2) is 6.80. The molecule has 2 saturated heterocycles. The van der Waals surface area contributed by atoms with E-state index in [2.05, 4.69) is 15.4 Å². The lowest BCUT2D eigenvalue weighted by atomic mass is 9.73. The van der Waals surface area contributed by atoms with Crippen molar-refractivity contribution in [2.24, 2.45) is 28.9 Å². The molecule has 0 spiro atoms. The quantitative estimate of drug-likeness (QED) is 0.582. The van der Waals surface area contributed by atoms with Crippen LogP contribution in [0.2, 0.25) is 0 Å². The zero-order chi connectivity index (χ0) is 19.1. The summed E-state index contributed by atoms with van der Waals surface area (Å²) in [5.74, 6) is -2.93. The number of alkyl halides is 3. The predicted octanol–water partition coefficient (Wildman–Crippen LogP) is 0.0878. The van der Waals surface area contributed by atoms with Gasteiger partial charge in [0.15, 0.2) is 5.78 Å². The van der Waals surface area contributed by atoms with Gasteiger partial charge in [-0.1, -0.05) is 0 Å². The Balaban J connectivity index is 1.81. The number of amides is 2. The van der Waals surface area contributed by atoms with Crippen LogP contribution in [-0.2, 0) is 19.1 Å². The predicted molar refractivity (Wildman–Crippen MR) is 82.4 cm³/mol. The molecule has 10 heteroatoms. The lowest BCUT2D eigenvalue weighted by Crippen LogP contribution is -2.50. The number of piperidine rings is 2. The number of hydrogen-bond donors (Lipinski definition) is 3. The van der Waals surface area contributed by atoms with E-state index in [1.165, 1.54) is 0 Å². The number of Topliss-reactive ketones (excluding diaryl/α,β-unsaturated/α-hetero) is 1. The van der Waals surface area contributed by atoms with Crippen LogP contribution < -0.4 is 16.4 Å². The summed E-state index contributed by atoms with van der Waals surface area (Å²) < 4.78 is 40.8. The zero-order valence-corrected chi connectivity index (χ0v) is 14.1. The average Bonchev–Trinajstić information content (AvgIpc) is 3.15. The van der Waals surface area contributed by atoms with E-state index in [9.17, 15) is 27.6 Å². The van der Waals surface area contributed by atoms with Crippen molar-refractivity contribution in [3.05, 3.63) is 0 Å². The maximum absolute atomic E-state index is 12.6. The molecule has 7 nitrogen and oxygen atoms in total. The molecule has 1 saturated carbocycles. The second-order valence-electron chi connectivity index (χ2n) is 7.38. The fraction of sp³-hybridized carbons (Fsp3) is 0.812. The van der Waals surface area contributed by atoms with E-state index >= 15 is 0 Å². The van der Waals surface area contributed by atoms with Crippen molar-refractivity contribution < 1.29 is 32.3 Å². The maximum Gasteiger partial charge on any atom is 0.522 e. The van der Waals surface area contributed by atoms with Crippen molar-refractivity contribution in [2.75, 3.05) is 19.7 Å². The van der Waals surface area contributed by atoms with Gasteiger partial charge in [0.1, 0.15) is 6.61 Å². The minimum absolute atomic E-state index is 0.00788. The van der Waals surface area contributed by atoms with Gasteiger partial charge >= 0.3 is 6.36 Å². The number of nitrogens with two attached hydrogens (primary N) is 1. The molecule has 5 atom stereocenters. The van der Waals surface area contributed by atoms with Crippen molar-refractivity contribution in [2.45, 2.75) is 38.1 Å². The van der Waals surface area contributed by atoms with Crippen molar-refractivity contribution in [1.82, 2.24) is 10.6 Å². The van der Waals surface area contributed by atoms with Gasteiger partial charge in [-0.3, -0.25) is 19.1 Å². The third kappa shape index (κ3) is 3.57. The van der Waals surface area contributed by atoms with Gasteiger partial charge in [-0.2, -0.15) is 0 Å². The van der Waals surface area contributed by atoms with Gasteiger partial charge in [-0.05, 0) is 38.1 Å². The lowest BCUT2D eigenvalue weighted by molar-refractivity contribution is -0.321. The molecule has 0 bridgehead atoms. The monoisotopic (exact) mass is 377 g/mol. The topological polar surface area (TPSA) is 111 Å². The first-order valence-corrected chi connectivity index (χ1v) is 8.69. The summed E-state index contributed by atoms with van der Waals surface area (Å²) in [4.78, 5) is 36.5. The van der Waals surface area contributed by atoms with Crippen LogP contribution >= 0.6 is 0 Å². The first-order valence-electron chi connectivity index (χ1n) is 8.69. The zero-order valence-electron chi connectivity index (χ0n) is 14.1. The summed E-state index contributed by atoms with van der Waals surface area (Å²) in [7, 11) is 0. The highest BCUT2D eigenvalue weighted by molar-refractivity contribution is 5.89. The van der Waals surface area contributed by atoms with E-state index in [0.29, 0.717) is 25.9 Å². The molecule has 4 N–H and O–H groups in total. The molecular formula is C16H22F3N3O4. The first kappa shape index (κ1) is 19.1. The van der Waals surface area contributed by atoms with Gasteiger partial charge in [0, 0.05) is 23.8 Å². The molecule has 3 aliphatic rings. The van der Waals surface area contributed by atoms with E-state index in [-0.39, 0.29) is 18.2 Å². The molecular weight excluding hydrogens is 355 g/mol. The molecule has 2 aliphatic heterocycles. The Labute approximate surface area is 148 Å². The summed E-state index contributed by atoms with van der Waals surface area (Å²) in [6.07, 6.45) is -2.98. The first-order chi connectivity index (χ1) is 12.1. The third-order valence-corrected chi connectivity index (χ3v) is 5.93. The number of carbonyl (C=O) groups is 3. The fourth-order valence-corrected chi connectivity index (χ4v) is 4.68. The second-order valence-corrected chi connectivity index (χ2v) is 7.38. The standard InChI is InChI=1S/C16H22F3N3O4/c17-16(18,19)26-7-11(23)10(4-8-2-1-3-21-14(8)25)15-5-9(15)6-22-12(15)13(20)24/h8-10,12,22H,1-7H2,(H2,20,24)(H,21,25)/t8-,9?,10+,12?,15?/m0/s1. The van der Waals surface area contributed by atoms with Crippen LogP contribution in [0.25, 0.3) is 0 Å². The van der Waals surface area contributed by atoms with E-state index in [1.54, 1.807) is 0 Å². The number of nitrogens with one attached hydrogen (secondary N) is 2. The summed E-state index contributed by atoms with van der Waals surface area (Å²) in [6.45, 7) is -0.0960. The fourth-order valence-electron chi connectivity index (χ4n) is 4.68. The van der Waals surface area contributed by atoms with Crippen LogP contribution in [0.15, 0.2) is 0 Å².